The number of aldehydes is 1. The molecule has 9 rings (SSSR count). The molecule has 0 saturated carbocycles. The van der Waals surface area contributed by atoms with E-state index in [2.05, 4.69) is 47.0 Å². The summed E-state index contributed by atoms with van der Waals surface area (Å²) in [7, 11) is 0. The van der Waals surface area contributed by atoms with Crippen molar-refractivity contribution in [2.45, 2.75) is 50.1 Å². The summed E-state index contributed by atoms with van der Waals surface area (Å²) in [6.07, 6.45) is 0.685. The van der Waals surface area contributed by atoms with Gasteiger partial charge in [0, 0.05) is 18.3 Å². The maximum atomic E-state index is 12.3. The van der Waals surface area contributed by atoms with E-state index in [1.165, 1.54) is 11.1 Å². The van der Waals surface area contributed by atoms with E-state index in [9.17, 15) is 29.1 Å². The fourth-order valence-electron chi connectivity index (χ4n) is 8.68. The monoisotopic (exact) mass is 922 g/mol. The maximum absolute atomic E-state index is 12.3. The highest BCUT2D eigenvalue weighted by atomic mass is 16.6. The summed E-state index contributed by atoms with van der Waals surface area (Å²) in [5.74, 6) is -2.19. The van der Waals surface area contributed by atoms with Gasteiger partial charge in [-0.2, -0.15) is 0 Å². The molecule has 2 aliphatic carbocycles. The minimum atomic E-state index is -1.10. The van der Waals surface area contributed by atoms with Gasteiger partial charge in [-0.15, -0.1) is 0 Å². The number of carbonyl (C=O) groups excluding carboxylic acids is 3. The Labute approximate surface area is 401 Å². The third kappa shape index (κ3) is 13.0. The van der Waals surface area contributed by atoms with Gasteiger partial charge in [-0.25, -0.2) is 14.4 Å². The number of ether oxygens (including phenoxy) is 2. The SMILES string of the molecule is CC(Cc1ccccc1)C(=O)O.O=C(NC(Cc1ccccc1)C(=O)O)OCC1c2ccccc2-c2ccccc21.O=CC(Cc1ccccc1)NC(=O)OCC1c2ccccc2-c2ccccc21. The van der Waals surface area contributed by atoms with Crippen molar-refractivity contribution in [1.82, 2.24) is 10.6 Å². The normalized spacial score (nSPS) is 13.1. The Hall–Kier alpha value is -8.31. The minimum Gasteiger partial charge on any atom is -0.481 e. The summed E-state index contributed by atoms with van der Waals surface area (Å²) in [5, 5.41) is 23.2. The molecule has 3 atom stereocenters. The summed E-state index contributed by atoms with van der Waals surface area (Å²) < 4.78 is 10.9. The Morgan fingerprint density at radius 2 is 0.797 bits per heavy atom. The van der Waals surface area contributed by atoms with Crippen LogP contribution in [0.4, 0.5) is 9.59 Å². The highest BCUT2D eigenvalue weighted by Gasteiger charge is 2.31. The number of hydrogen-bond acceptors (Lipinski definition) is 7. The Balaban J connectivity index is 0.000000166. The fourth-order valence-corrected chi connectivity index (χ4v) is 8.68. The number of nitrogens with one attached hydrogen (secondary N) is 2. The third-order valence-corrected chi connectivity index (χ3v) is 12.1. The van der Waals surface area contributed by atoms with Gasteiger partial charge >= 0.3 is 24.1 Å². The number of rotatable bonds is 15. The number of hydrogen-bond donors (Lipinski definition) is 4. The molecule has 2 amide bonds. The van der Waals surface area contributed by atoms with Crippen molar-refractivity contribution in [2.24, 2.45) is 5.92 Å². The third-order valence-electron chi connectivity index (χ3n) is 12.1. The quantitative estimate of drug-likeness (QED) is 0.0732. The highest BCUT2D eigenvalue weighted by Crippen LogP contribution is 2.45. The molecule has 4 N–H and O–H groups in total. The number of aliphatic carboxylic acids is 2. The molecule has 0 aromatic heterocycles. The highest BCUT2D eigenvalue weighted by molar-refractivity contribution is 5.82. The molecule has 11 nitrogen and oxygen atoms in total. The predicted molar refractivity (Wildman–Crippen MR) is 265 cm³/mol. The van der Waals surface area contributed by atoms with Crippen LogP contribution in [0.3, 0.4) is 0 Å². The van der Waals surface area contributed by atoms with Gasteiger partial charge in [0.05, 0.1) is 12.0 Å². The second kappa shape index (κ2) is 23.9. The summed E-state index contributed by atoms with van der Waals surface area (Å²) in [4.78, 5) is 58.0. The Bertz CT molecular complexity index is 2750. The Kier molecular flexibility index (Phi) is 16.9. The van der Waals surface area contributed by atoms with Crippen molar-refractivity contribution in [2.75, 3.05) is 13.2 Å². The molecule has 0 saturated heterocycles. The van der Waals surface area contributed by atoms with Crippen LogP contribution in [0.25, 0.3) is 22.3 Å². The zero-order valence-electron chi connectivity index (χ0n) is 38.1. The molecule has 2 aliphatic rings. The zero-order valence-corrected chi connectivity index (χ0v) is 38.1. The smallest absolute Gasteiger partial charge is 0.407 e. The first-order valence-electron chi connectivity index (χ1n) is 22.8. The van der Waals surface area contributed by atoms with Gasteiger partial charge in [-0.3, -0.25) is 4.79 Å². The lowest BCUT2D eigenvalue weighted by Crippen LogP contribution is -2.42. The van der Waals surface area contributed by atoms with Gasteiger partial charge in [-0.1, -0.05) is 195 Å². The fraction of sp³-hybridized carbons (Fsp3) is 0.190. The van der Waals surface area contributed by atoms with Crippen LogP contribution in [0.2, 0.25) is 0 Å². The van der Waals surface area contributed by atoms with Crippen LogP contribution in [-0.4, -0.2) is 65.9 Å². The lowest BCUT2D eigenvalue weighted by atomic mass is 9.98. The van der Waals surface area contributed by atoms with E-state index < -0.39 is 36.2 Å². The van der Waals surface area contributed by atoms with Crippen LogP contribution in [0.5, 0.6) is 0 Å². The molecule has 7 aromatic carbocycles. The average Bonchev–Trinajstić information content (AvgIpc) is 3.88. The van der Waals surface area contributed by atoms with Crippen LogP contribution in [-0.2, 0) is 43.1 Å². The molecule has 3 unspecified atom stereocenters. The lowest BCUT2D eigenvalue weighted by Gasteiger charge is -2.17. The number of carboxylic acid groups (broad SMARTS) is 2. The number of amides is 2. The van der Waals surface area contributed by atoms with Crippen molar-refractivity contribution in [3.05, 3.63) is 227 Å². The van der Waals surface area contributed by atoms with E-state index in [0.717, 1.165) is 56.4 Å². The molecule has 69 heavy (non-hydrogen) atoms. The van der Waals surface area contributed by atoms with E-state index in [1.54, 1.807) is 6.92 Å². The molecule has 0 spiro atoms. The van der Waals surface area contributed by atoms with Crippen molar-refractivity contribution in [3.8, 4) is 22.3 Å². The summed E-state index contributed by atoms with van der Waals surface area (Å²) in [5.41, 5.74) is 12.1. The van der Waals surface area contributed by atoms with Crippen LogP contribution in [0, 0.1) is 5.92 Å². The molecule has 0 radical (unpaired) electrons. The van der Waals surface area contributed by atoms with Gasteiger partial charge in [-0.05, 0) is 74.0 Å². The number of fused-ring (bicyclic) bond motifs is 6. The van der Waals surface area contributed by atoms with Crippen molar-refractivity contribution >= 4 is 30.4 Å². The van der Waals surface area contributed by atoms with Crippen LogP contribution < -0.4 is 10.6 Å². The Morgan fingerprint density at radius 3 is 1.16 bits per heavy atom. The van der Waals surface area contributed by atoms with Crippen molar-refractivity contribution in [1.29, 1.82) is 0 Å². The summed E-state index contributed by atoms with van der Waals surface area (Å²) >= 11 is 0. The van der Waals surface area contributed by atoms with E-state index >= 15 is 0 Å². The number of alkyl carbamates (subject to hydrolysis) is 2. The van der Waals surface area contributed by atoms with Gasteiger partial charge in [0.15, 0.2) is 0 Å². The standard InChI is InChI=1S/C24H21NO4.C24H21NO3.C10H12O2/c26-23(27)22(14-16-8-2-1-3-9-16)25-24(28)29-15-21-19-12-6-4-10-17(19)18-11-5-7-13-20(18)21;26-15-18(14-17-8-2-1-3-9-17)25-24(27)28-16-23-21-12-6-4-10-19(21)20-11-5-7-13-22(20)23;1-8(10(11)12)7-9-5-3-2-4-6-9/h1-13,21-22H,14-15H2,(H,25,28)(H,26,27);1-13,15,18,23H,14,16H2,(H,25,27);2-6,8H,7H2,1H3,(H,11,12). The van der Waals surface area contributed by atoms with Crippen molar-refractivity contribution < 1.29 is 43.7 Å². The molecule has 350 valence electrons. The van der Waals surface area contributed by atoms with Crippen LogP contribution in [0.15, 0.2) is 188 Å². The number of carbonyl (C=O) groups is 5. The van der Waals surface area contributed by atoms with Crippen molar-refractivity contribution in [3.63, 3.8) is 0 Å². The van der Waals surface area contributed by atoms with Gasteiger partial charge in [0.2, 0.25) is 0 Å². The first-order chi connectivity index (χ1) is 33.6. The average molecular weight is 923 g/mol. The number of carboxylic acids is 2. The second-order valence-corrected chi connectivity index (χ2v) is 16.9. The molecule has 0 fully saturated rings. The van der Waals surface area contributed by atoms with Gasteiger partial charge in [0.1, 0.15) is 25.5 Å². The molecule has 0 heterocycles. The molecule has 0 bridgehead atoms. The molecular weight excluding hydrogens is 869 g/mol. The van der Waals surface area contributed by atoms with E-state index in [-0.39, 0.29) is 37.4 Å². The topological polar surface area (TPSA) is 168 Å². The maximum Gasteiger partial charge on any atom is 0.407 e. The van der Waals surface area contributed by atoms with E-state index in [1.807, 2.05) is 152 Å². The lowest BCUT2D eigenvalue weighted by molar-refractivity contribution is -0.141. The molecule has 0 aliphatic heterocycles. The first-order valence-corrected chi connectivity index (χ1v) is 22.8. The summed E-state index contributed by atoms with van der Waals surface area (Å²) in [6, 6.07) is 59.3. The first kappa shape index (κ1) is 48.6. The molecule has 11 heteroatoms. The second-order valence-electron chi connectivity index (χ2n) is 16.9. The Morgan fingerprint density at radius 1 is 0.464 bits per heavy atom. The zero-order chi connectivity index (χ0) is 48.5. The number of benzene rings is 7. The predicted octanol–water partition coefficient (Wildman–Crippen LogP) is 10.5. The molecule has 7 aromatic rings. The largest absolute Gasteiger partial charge is 0.481 e. The van der Waals surface area contributed by atoms with Crippen LogP contribution >= 0.6 is 0 Å². The van der Waals surface area contributed by atoms with Crippen LogP contribution in [0.1, 0.15) is 57.7 Å². The molecular formula is C58H54N2O9. The van der Waals surface area contributed by atoms with Gasteiger partial charge < -0.3 is 35.1 Å². The minimum absolute atomic E-state index is 0.00181. The van der Waals surface area contributed by atoms with Gasteiger partial charge in [0.25, 0.3) is 0 Å². The van der Waals surface area contributed by atoms with E-state index in [0.29, 0.717) is 12.8 Å². The summed E-state index contributed by atoms with van der Waals surface area (Å²) in [6.45, 7) is 2.10. The van der Waals surface area contributed by atoms with E-state index in [4.69, 9.17) is 14.6 Å².